The Morgan fingerprint density at radius 1 is 1.37 bits per heavy atom. The first kappa shape index (κ1) is 16.8. The highest BCUT2D eigenvalue weighted by molar-refractivity contribution is 7.12. The Morgan fingerprint density at radius 2 is 2.05 bits per heavy atom. The van der Waals surface area contributed by atoms with Crippen LogP contribution in [0.1, 0.15) is 23.6 Å². The first-order valence-electron chi connectivity index (χ1n) is 5.99. The minimum absolute atomic E-state index is 0. The summed E-state index contributed by atoms with van der Waals surface area (Å²) in [6, 6.07) is 3.52. The third-order valence-electron chi connectivity index (χ3n) is 3.19. The summed E-state index contributed by atoms with van der Waals surface area (Å²) in [5.74, 6) is 0. The van der Waals surface area contributed by atoms with Crippen molar-refractivity contribution in [3.05, 3.63) is 21.9 Å². The van der Waals surface area contributed by atoms with Crippen molar-refractivity contribution in [2.24, 2.45) is 0 Å². The van der Waals surface area contributed by atoms with Crippen molar-refractivity contribution in [2.45, 2.75) is 38.7 Å². The molecule has 0 aliphatic carbocycles. The second-order valence-electron chi connectivity index (χ2n) is 4.85. The molecule has 7 heteroatoms. The van der Waals surface area contributed by atoms with E-state index >= 15 is 0 Å². The fourth-order valence-electron chi connectivity index (χ4n) is 2.13. The van der Waals surface area contributed by atoms with Gasteiger partial charge in [0.1, 0.15) is 4.88 Å². The van der Waals surface area contributed by atoms with Gasteiger partial charge in [0.25, 0.3) is 0 Å². The summed E-state index contributed by atoms with van der Waals surface area (Å²) in [5.41, 5.74) is 0. The number of piperazine rings is 1. The lowest BCUT2D eigenvalue weighted by Gasteiger charge is -2.37. The lowest BCUT2D eigenvalue weighted by atomic mass is 10.1. The molecule has 1 aliphatic rings. The van der Waals surface area contributed by atoms with Crippen molar-refractivity contribution in [2.75, 3.05) is 13.1 Å². The van der Waals surface area contributed by atoms with E-state index in [1.165, 1.54) is 6.07 Å². The van der Waals surface area contributed by atoms with Crippen molar-refractivity contribution >= 4 is 23.7 Å². The van der Waals surface area contributed by atoms with Crippen molar-refractivity contribution in [3.63, 3.8) is 0 Å². The largest absolute Gasteiger partial charge is 0.425 e. The standard InChI is InChI=1S/C12H17F3N2S.ClH/c1-8-6-17(9(2)5-16-8)7-10-3-4-11(18-10)12(13,14)15;/h3-4,8-9,16H,5-7H2,1-2H3;1H. The Labute approximate surface area is 121 Å². The Morgan fingerprint density at radius 3 is 2.63 bits per heavy atom. The highest BCUT2D eigenvalue weighted by atomic mass is 35.5. The van der Waals surface area contributed by atoms with Crippen molar-refractivity contribution in [1.29, 1.82) is 0 Å². The van der Waals surface area contributed by atoms with Gasteiger partial charge < -0.3 is 5.32 Å². The van der Waals surface area contributed by atoms with E-state index in [-0.39, 0.29) is 12.4 Å². The smallest absolute Gasteiger partial charge is 0.311 e. The molecule has 1 fully saturated rings. The zero-order valence-corrected chi connectivity index (χ0v) is 12.5. The van der Waals surface area contributed by atoms with Gasteiger partial charge in [-0.3, -0.25) is 4.90 Å². The summed E-state index contributed by atoms with van der Waals surface area (Å²) in [6.07, 6.45) is -4.22. The van der Waals surface area contributed by atoms with Gasteiger partial charge in [0, 0.05) is 36.6 Å². The van der Waals surface area contributed by atoms with Crippen molar-refractivity contribution < 1.29 is 13.2 Å². The summed E-state index contributed by atoms with van der Waals surface area (Å²) < 4.78 is 37.5. The van der Waals surface area contributed by atoms with E-state index < -0.39 is 11.1 Å². The number of halogens is 4. The van der Waals surface area contributed by atoms with E-state index in [9.17, 15) is 13.2 Å². The van der Waals surface area contributed by atoms with E-state index in [1.807, 2.05) is 0 Å². The summed E-state index contributed by atoms with van der Waals surface area (Å²) in [4.78, 5) is 2.50. The minimum Gasteiger partial charge on any atom is -0.311 e. The van der Waals surface area contributed by atoms with Gasteiger partial charge in [-0.1, -0.05) is 0 Å². The molecule has 2 heterocycles. The second-order valence-corrected chi connectivity index (χ2v) is 6.02. The molecule has 0 saturated carbocycles. The number of rotatable bonds is 2. The predicted molar refractivity (Wildman–Crippen MR) is 73.9 cm³/mol. The van der Waals surface area contributed by atoms with Gasteiger partial charge in [-0.15, -0.1) is 23.7 Å². The van der Waals surface area contributed by atoms with Gasteiger partial charge in [0.15, 0.2) is 0 Å². The summed E-state index contributed by atoms with van der Waals surface area (Å²) >= 11 is 0.850. The highest BCUT2D eigenvalue weighted by Crippen LogP contribution is 2.35. The zero-order chi connectivity index (χ0) is 13.3. The van der Waals surface area contributed by atoms with Gasteiger partial charge in [0.05, 0.1) is 0 Å². The van der Waals surface area contributed by atoms with E-state index in [4.69, 9.17) is 0 Å². The zero-order valence-electron chi connectivity index (χ0n) is 10.8. The quantitative estimate of drug-likeness (QED) is 0.900. The van der Waals surface area contributed by atoms with Crippen LogP contribution in [0.15, 0.2) is 12.1 Å². The van der Waals surface area contributed by atoms with E-state index in [2.05, 4.69) is 24.1 Å². The SMILES string of the molecule is CC1CN(Cc2ccc(C(F)(F)F)s2)C(C)CN1.Cl. The van der Waals surface area contributed by atoms with E-state index in [1.54, 1.807) is 6.07 Å². The monoisotopic (exact) mass is 314 g/mol. The minimum atomic E-state index is -4.22. The fourth-order valence-corrected chi connectivity index (χ4v) is 3.03. The molecular formula is C12H18ClF3N2S. The summed E-state index contributed by atoms with van der Waals surface area (Å²) in [6.45, 7) is 6.55. The van der Waals surface area contributed by atoms with Gasteiger partial charge in [-0.25, -0.2) is 0 Å². The molecule has 110 valence electrons. The van der Waals surface area contributed by atoms with Crippen molar-refractivity contribution in [1.82, 2.24) is 10.2 Å². The molecule has 19 heavy (non-hydrogen) atoms. The Kier molecular flexibility index (Phi) is 5.67. The van der Waals surface area contributed by atoms with Crippen LogP contribution in [0.25, 0.3) is 0 Å². The van der Waals surface area contributed by atoms with Gasteiger partial charge in [-0.05, 0) is 26.0 Å². The maximum absolute atomic E-state index is 12.5. The van der Waals surface area contributed by atoms with Gasteiger partial charge in [0.2, 0.25) is 0 Å². The highest BCUT2D eigenvalue weighted by Gasteiger charge is 2.32. The topological polar surface area (TPSA) is 15.3 Å². The van der Waals surface area contributed by atoms with E-state index in [0.29, 0.717) is 18.6 Å². The molecule has 0 radical (unpaired) electrons. The summed E-state index contributed by atoms with van der Waals surface area (Å²) in [7, 11) is 0. The number of thiophene rings is 1. The molecule has 1 aromatic rings. The number of nitrogens with one attached hydrogen (secondary N) is 1. The van der Waals surface area contributed by atoms with Crippen LogP contribution in [0.2, 0.25) is 0 Å². The number of hydrogen-bond acceptors (Lipinski definition) is 3. The maximum Gasteiger partial charge on any atom is 0.425 e. The van der Waals surface area contributed by atoms with Crippen LogP contribution in [0, 0.1) is 0 Å². The van der Waals surface area contributed by atoms with Crippen LogP contribution < -0.4 is 5.32 Å². The predicted octanol–water partition coefficient (Wildman–Crippen LogP) is 3.37. The molecule has 0 amide bonds. The number of nitrogens with zero attached hydrogens (tertiary/aromatic N) is 1. The molecule has 0 aromatic carbocycles. The molecular weight excluding hydrogens is 297 g/mol. The number of hydrogen-bond donors (Lipinski definition) is 1. The maximum atomic E-state index is 12.5. The molecule has 2 nitrogen and oxygen atoms in total. The molecule has 1 N–H and O–H groups in total. The normalized spacial score (nSPS) is 25.1. The Hall–Kier alpha value is -0.300. The Balaban J connectivity index is 0.00000180. The summed E-state index contributed by atoms with van der Waals surface area (Å²) in [5, 5.41) is 3.36. The molecule has 1 aliphatic heterocycles. The fraction of sp³-hybridized carbons (Fsp3) is 0.667. The van der Waals surface area contributed by atoms with Crippen LogP contribution in [-0.2, 0) is 12.7 Å². The first-order valence-corrected chi connectivity index (χ1v) is 6.81. The second kappa shape index (κ2) is 6.43. The average Bonchev–Trinajstić information content (AvgIpc) is 2.71. The third kappa shape index (κ3) is 4.34. The molecule has 0 bridgehead atoms. The third-order valence-corrected chi connectivity index (χ3v) is 4.31. The van der Waals surface area contributed by atoms with Crippen LogP contribution in [0.3, 0.4) is 0 Å². The molecule has 2 rings (SSSR count). The van der Waals surface area contributed by atoms with Gasteiger partial charge >= 0.3 is 6.18 Å². The Bertz CT molecular complexity index is 408. The molecule has 2 unspecified atom stereocenters. The molecule has 1 aromatic heterocycles. The van der Waals surface area contributed by atoms with Crippen LogP contribution in [-0.4, -0.2) is 30.1 Å². The van der Waals surface area contributed by atoms with E-state index in [0.717, 1.165) is 29.3 Å². The van der Waals surface area contributed by atoms with Gasteiger partial charge in [-0.2, -0.15) is 13.2 Å². The van der Waals surface area contributed by atoms with Crippen LogP contribution in [0.4, 0.5) is 13.2 Å². The van der Waals surface area contributed by atoms with Crippen LogP contribution >= 0.6 is 23.7 Å². The molecule has 2 atom stereocenters. The number of alkyl halides is 3. The molecule has 1 saturated heterocycles. The van der Waals surface area contributed by atoms with Crippen LogP contribution in [0.5, 0.6) is 0 Å². The van der Waals surface area contributed by atoms with Crippen molar-refractivity contribution in [3.8, 4) is 0 Å². The average molecular weight is 315 g/mol. The first-order chi connectivity index (χ1) is 8.36. The molecule has 0 spiro atoms. The lowest BCUT2D eigenvalue weighted by molar-refractivity contribution is -0.134. The lowest BCUT2D eigenvalue weighted by Crippen LogP contribution is -2.53.